The highest BCUT2D eigenvalue weighted by atomic mass is 19.1. The number of amides is 2. The van der Waals surface area contributed by atoms with Crippen LogP contribution in [0.3, 0.4) is 0 Å². The van der Waals surface area contributed by atoms with Crippen LogP contribution in [0.4, 0.5) is 20.2 Å². The first kappa shape index (κ1) is 20.3. The SMILES string of the molecule is COc1ccccc1C1=C(Nc2ccc(C)cc2)C(=O)N(c2cc(F)ccc2F)C1=O. The lowest BCUT2D eigenvalue weighted by atomic mass is 10.0. The molecule has 0 fully saturated rings. The van der Waals surface area contributed by atoms with E-state index in [0.717, 1.165) is 23.8 Å². The van der Waals surface area contributed by atoms with Crippen molar-refractivity contribution in [3.63, 3.8) is 0 Å². The molecule has 1 N–H and O–H groups in total. The van der Waals surface area contributed by atoms with Crippen LogP contribution in [0.25, 0.3) is 5.57 Å². The highest BCUT2D eigenvalue weighted by Crippen LogP contribution is 2.38. The number of imide groups is 1. The van der Waals surface area contributed by atoms with Crippen molar-refractivity contribution in [2.75, 3.05) is 17.3 Å². The number of rotatable bonds is 5. The molecule has 0 aliphatic carbocycles. The van der Waals surface area contributed by atoms with Gasteiger partial charge in [-0.3, -0.25) is 9.59 Å². The summed E-state index contributed by atoms with van der Waals surface area (Å²) in [7, 11) is 1.44. The molecule has 0 atom stereocenters. The Morgan fingerprint density at radius 3 is 2.32 bits per heavy atom. The van der Waals surface area contributed by atoms with Gasteiger partial charge in [0.2, 0.25) is 0 Å². The number of para-hydroxylation sites is 1. The minimum absolute atomic E-state index is 0.00619. The van der Waals surface area contributed by atoms with Crippen LogP contribution in [-0.2, 0) is 9.59 Å². The van der Waals surface area contributed by atoms with E-state index in [1.807, 2.05) is 19.1 Å². The van der Waals surface area contributed by atoms with Crippen LogP contribution in [-0.4, -0.2) is 18.9 Å². The number of benzene rings is 3. The molecule has 0 spiro atoms. The van der Waals surface area contributed by atoms with Gasteiger partial charge in [0.1, 0.15) is 23.1 Å². The number of hydrogen-bond donors (Lipinski definition) is 1. The predicted octanol–water partition coefficient (Wildman–Crippen LogP) is 4.68. The normalized spacial score (nSPS) is 13.7. The molecule has 0 saturated heterocycles. The Labute approximate surface area is 177 Å². The van der Waals surface area contributed by atoms with Crippen LogP contribution >= 0.6 is 0 Å². The molecule has 2 amide bonds. The van der Waals surface area contributed by atoms with E-state index >= 15 is 0 Å². The highest BCUT2D eigenvalue weighted by molar-refractivity contribution is 6.46. The number of hydrogen-bond acceptors (Lipinski definition) is 4. The molecule has 0 bridgehead atoms. The third-order valence-electron chi connectivity index (χ3n) is 4.93. The number of methoxy groups -OCH3 is 1. The van der Waals surface area contributed by atoms with Gasteiger partial charge in [0.15, 0.2) is 0 Å². The average molecular weight is 420 g/mol. The standard InChI is InChI=1S/C24H18F2N2O3/c1-14-7-10-16(11-8-14)27-22-21(17-5-3-4-6-20(17)31-2)23(29)28(24(22)30)19-13-15(25)9-12-18(19)26/h3-13,27H,1-2H3. The van der Waals surface area contributed by atoms with E-state index in [-0.39, 0.29) is 11.3 Å². The molecule has 0 aromatic heterocycles. The molecule has 1 aliphatic heterocycles. The van der Waals surface area contributed by atoms with Crippen LogP contribution in [0, 0.1) is 18.6 Å². The zero-order valence-corrected chi connectivity index (χ0v) is 16.8. The Balaban J connectivity index is 1.88. The van der Waals surface area contributed by atoms with Crippen LogP contribution in [0.1, 0.15) is 11.1 Å². The maximum absolute atomic E-state index is 14.5. The molecule has 5 nitrogen and oxygen atoms in total. The topological polar surface area (TPSA) is 58.6 Å². The quantitative estimate of drug-likeness (QED) is 0.609. The maximum atomic E-state index is 14.5. The summed E-state index contributed by atoms with van der Waals surface area (Å²) < 4.78 is 33.6. The van der Waals surface area contributed by atoms with Gasteiger partial charge in [-0.05, 0) is 37.3 Å². The van der Waals surface area contributed by atoms with Crippen molar-refractivity contribution in [2.45, 2.75) is 6.92 Å². The lowest BCUT2D eigenvalue weighted by molar-refractivity contribution is -0.120. The first-order chi connectivity index (χ1) is 14.9. The van der Waals surface area contributed by atoms with Crippen molar-refractivity contribution in [3.05, 3.63) is 95.2 Å². The molecular formula is C24H18F2N2O3. The second-order valence-corrected chi connectivity index (χ2v) is 6.98. The van der Waals surface area contributed by atoms with Crippen LogP contribution in [0.2, 0.25) is 0 Å². The fourth-order valence-corrected chi connectivity index (χ4v) is 3.40. The molecule has 4 rings (SSSR count). The summed E-state index contributed by atoms with van der Waals surface area (Å²) in [6, 6.07) is 16.5. The van der Waals surface area contributed by atoms with Gasteiger partial charge in [0.25, 0.3) is 11.8 Å². The van der Waals surface area contributed by atoms with Crippen LogP contribution in [0.15, 0.2) is 72.4 Å². The van der Waals surface area contributed by atoms with Crippen molar-refractivity contribution >= 4 is 28.8 Å². The fraction of sp³-hybridized carbons (Fsp3) is 0.0833. The van der Waals surface area contributed by atoms with Gasteiger partial charge in [-0.1, -0.05) is 35.9 Å². The lowest BCUT2D eigenvalue weighted by Crippen LogP contribution is -2.33. The molecule has 1 aliphatic rings. The van der Waals surface area contributed by atoms with Gasteiger partial charge in [-0.15, -0.1) is 0 Å². The number of anilines is 2. The smallest absolute Gasteiger partial charge is 0.282 e. The molecule has 31 heavy (non-hydrogen) atoms. The maximum Gasteiger partial charge on any atom is 0.282 e. The van der Waals surface area contributed by atoms with Gasteiger partial charge < -0.3 is 10.1 Å². The summed E-state index contributed by atoms with van der Waals surface area (Å²) in [4.78, 5) is 27.3. The van der Waals surface area contributed by atoms with Gasteiger partial charge in [-0.2, -0.15) is 0 Å². The zero-order chi connectivity index (χ0) is 22.1. The molecule has 0 radical (unpaired) electrons. The Hall–Kier alpha value is -4.00. The Kier molecular flexibility index (Phi) is 5.25. The molecule has 156 valence electrons. The number of carbonyl (C=O) groups is 2. The van der Waals surface area contributed by atoms with Gasteiger partial charge >= 0.3 is 0 Å². The van der Waals surface area contributed by atoms with Crippen molar-refractivity contribution < 1.29 is 23.1 Å². The van der Waals surface area contributed by atoms with E-state index in [1.165, 1.54) is 7.11 Å². The van der Waals surface area contributed by atoms with E-state index in [0.29, 0.717) is 21.9 Å². The van der Waals surface area contributed by atoms with Crippen molar-refractivity contribution in [2.24, 2.45) is 0 Å². The lowest BCUT2D eigenvalue weighted by Gasteiger charge is -2.16. The Bertz CT molecular complexity index is 1220. The Morgan fingerprint density at radius 2 is 1.61 bits per heavy atom. The van der Waals surface area contributed by atoms with Crippen molar-refractivity contribution in [1.82, 2.24) is 0 Å². The van der Waals surface area contributed by atoms with E-state index in [1.54, 1.807) is 36.4 Å². The number of halogens is 2. The van der Waals surface area contributed by atoms with Gasteiger partial charge in [0, 0.05) is 17.3 Å². The number of aryl methyl sites for hydroxylation is 1. The molecule has 3 aromatic carbocycles. The minimum Gasteiger partial charge on any atom is -0.496 e. The van der Waals surface area contributed by atoms with E-state index in [4.69, 9.17) is 4.74 Å². The molecule has 0 saturated carbocycles. The fourth-order valence-electron chi connectivity index (χ4n) is 3.40. The predicted molar refractivity (Wildman–Crippen MR) is 114 cm³/mol. The summed E-state index contributed by atoms with van der Waals surface area (Å²) in [6.07, 6.45) is 0. The van der Waals surface area contributed by atoms with E-state index < -0.39 is 29.1 Å². The molecule has 3 aromatic rings. The van der Waals surface area contributed by atoms with Crippen LogP contribution in [0.5, 0.6) is 5.75 Å². The summed E-state index contributed by atoms with van der Waals surface area (Å²) in [6.45, 7) is 1.92. The van der Waals surface area contributed by atoms with Gasteiger partial charge in [0.05, 0.1) is 18.4 Å². The first-order valence-electron chi connectivity index (χ1n) is 9.46. The summed E-state index contributed by atoms with van der Waals surface area (Å²) in [5.74, 6) is -2.87. The number of nitrogens with zero attached hydrogens (tertiary/aromatic N) is 1. The highest BCUT2D eigenvalue weighted by Gasteiger charge is 2.42. The van der Waals surface area contributed by atoms with Crippen LogP contribution < -0.4 is 15.0 Å². The van der Waals surface area contributed by atoms with Gasteiger partial charge in [-0.25, -0.2) is 13.7 Å². The average Bonchev–Trinajstić information content (AvgIpc) is 3.00. The largest absolute Gasteiger partial charge is 0.496 e. The molecule has 1 heterocycles. The third kappa shape index (κ3) is 3.66. The van der Waals surface area contributed by atoms with E-state index in [2.05, 4.69) is 5.32 Å². The number of nitrogens with one attached hydrogen (secondary N) is 1. The summed E-state index contributed by atoms with van der Waals surface area (Å²) in [5, 5.41) is 2.98. The van der Waals surface area contributed by atoms with Crippen molar-refractivity contribution in [1.29, 1.82) is 0 Å². The zero-order valence-electron chi connectivity index (χ0n) is 16.8. The molecular weight excluding hydrogens is 402 g/mol. The summed E-state index contributed by atoms with van der Waals surface area (Å²) in [5.41, 5.74) is 1.44. The van der Waals surface area contributed by atoms with Crippen molar-refractivity contribution in [3.8, 4) is 5.75 Å². The number of carbonyl (C=O) groups excluding carboxylic acids is 2. The monoisotopic (exact) mass is 420 g/mol. The molecule has 7 heteroatoms. The van der Waals surface area contributed by atoms with E-state index in [9.17, 15) is 18.4 Å². The Morgan fingerprint density at radius 1 is 0.903 bits per heavy atom. The molecule has 0 unspecified atom stereocenters. The minimum atomic E-state index is -0.890. The number of ether oxygens (including phenoxy) is 1. The second-order valence-electron chi connectivity index (χ2n) is 6.98. The third-order valence-corrected chi connectivity index (χ3v) is 4.93. The summed E-state index contributed by atoms with van der Waals surface area (Å²) >= 11 is 0. The second kappa shape index (κ2) is 8.02. The first-order valence-corrected chi connectivity index (χ1v) is 9.46.